The Hall–Kier alpha value is -4.43. The largest absolute Gasteiger partial charge is 0.436 e. The van der Waals surface area contributed by atoms with Gasteiger partial charge in [-0.2, -0.15) is 0 Å². The topological polar surface area (TPSA) is 26.0 Å². The minimum absolute atomic E-state index is 0.644. The van der Waals surface area contributed by atoms with Crippen LogP contribution in [-0.4, -0.2) is 4.98 Å². The van der Waals surface area contributed by atoms with E-state index < -0.39 is 0 Å². The van der Waals surface area contributed by atoms with Crippen LogP contribution in [0.3, 0.4) is 0 Å². The van der Waals surface area contributed by atoms with Crippen LogP contribution in [0.1, 0.15) is 0 Å². The summed E-state index contributed by atoms with van der Waals surface area (Å²) in [5, 5.41) is 0. The number of aromatic nitrogens is 1. The van der Waals surface area contributed by atoms with Crippen molar-refractivity contribution >= 4 is 11.1 Å². The Kier molecular flexibility index (Phi) is 4.82. The minimum Gasteiger partial charge on any atom is -0.436 e. The maximum absolute atomic E-state index is 5.94. The number of para-hydroxylation sites is 2. The Balaban J connectivity index is 1.43. The van der Waals surface area contributed by atoms with E-state index in [4.69, 9.17) is 4.42 Å². The normalized spacial score (nSPS) is 11.0. The van der Waals surface area contributed by atoms with Crippen LogP contribution in [-0.2, 0) is 0 Å². The van der Waals surface area contributed by atoms with Crippen LogP contribution in [0, 0.1) is 0 Å². The number of nitrogens with zero attached hydrogens (tertiary/aromatic N) is 1. The van der Waals surface area contributed by atoms with E-state index in [1.54, 1.807) is 0 Å². The monoisotopic (exact) mass is 423 g/mol. The SMILES string of the molecule is c1ccc(-c2cc(-c3ccccc3)cc(-c3ccc(-c4nc5ccccc5o4)cc3)c2)cc1. The Labute approximate surface area is 192 Å². The van der Waals surface area contributed by atoms with Gasteiger partial charge in [-0.15, -0.1) is 0 Å². The van der Waals surface area contributed by atoms with Crippen LogP contribution in [0.25, 0.3) is 55.9 Å². The van der Waals surface area contributed by atoms with E-state index >= 15 is 0 Å². The zero-order chi connectivity index (χ0) is 22.0. The number of rotatable bonds is 4. The lowest BCUT2D eigenvalue weighted by molar-refractivity contribution is 0.620. The molecule has 6 aromatic rings. The Morgan fingerprint density at radius 1 is 0.394 bits per heavy atom. The van der Waals surface area contributed by atoms with Crippen LogP contribution in [0.5, 0.6) is 0 Å². The number of hydrogen-bond donors (Lipinski definition) is 0. The summed E-state index contributed by atoms with van der Waals surface area (Å²) in [4.78, 5) is 4.63. The van der Waals surface area contributed by atoms with Gasteiger partial charge >= 0.3 is 0 Å². The average molecular weight is 424 g/mol. The summed E-state index contributed by atoms with van der Waals surface area (Å²) in [5.41, 5.74) is 9.81. The molecule has 0 N–H and O–H groups in total. The highest BCUT2D eigenvalue weighted by Crippen LogP contribution is 2.34. The van der Waals surface area contributed by atoms with Gasteiger partial charge in [0.2, 0.25) is 5.89 Å². The smallest absolute Gasteiger partial charge is 0.227 e. The van der Waals surface area contributed by atoms with Gasteiger partial charge in [0, 0.05) is 5.56 Å². The van der Waals surface area contributed by atoms with Crippen LogP contribution in [0.2, 0.25) is 0 Å². The lowest BCUT2D eigenvalue weighted by atomic mass is 9.93. The summed E-state index contributed by atoms with van der Waals surface area (Å²) in [6, 6.07) is 44.1. The lowest BCUT2D eigenvalue weighted by Gasteiger charge is -2.11. The van der Waals surface area contributed by atoms with Gasteiger partial charge in [-0.1, -0.05) is 84.9 Å². The van der Waals surface area contributed by atoms with Crippen molar-refractivity contribution in [1.82, 2.24) is 4.98 Å². The third kappa shape index (κ3) is 3.83. The second-order valence-electron chi connectivity index (χ2n) is 8.10. The van der Waals surface area contributed by atoms with Gasteiger partial charge in [0.05, 0.1) is 0 Å². The molecule has 0 spiro atoms. The van der Waals surface area contributed by atoms with Gasteiger partial charge in [0.1, 0.15) is 5.52 Å². The Morgan fingerprint density at radius 3 is 1.39 bits per heavy atom. The summed E-state index contributed by atoms with van der Waals surface area (Å²) in [7, 11) is 0. The molecule has 0 aliphatic rings. The zero-order valence-electron chi connectivity index (χ0n) is 18.0. The molecule has 2 heteroatoms. The van der Waals surface area contributed by atoms with Gasteiger partial charge in [-0.3, -0.25) is 0 Å². The summed E-state index contributed by atoms with van der Waals surface area (Å²) in [6.45, 7) is 0. The molecule has 1 heterocycles. The van der Waals surface area contributed by atoms with Crippen molar-refractivity contribution in [3.05, 3.63) is 127 Å². The molecule has 0 atom stereocenters. The van der Waals surface area contributed by atoms with Crippen LogP contribution < -0.4 is 0 Å². The molecule has 6 rings (SSSR count). The summed E-state index contributed by atoms with van der Waals surface area (Å²) in [6.07, 6.45) is 0. The quantitative estimate of drug-likeness (QED) is 0.284. The standard InChI is InChI=1S/C31H21NO/c1-3-9-22(10-4-1)26-19-27(23-11-5-2-6-12-23)21-28(20-26)24-15-17-25(18-16-24)31-32-29-13-7-8-14-30(29)33-31/h1-21H. The predicted octanol–water partition coefficient (Wildman–Crippen LogP) is 8.50. The van der Waals surface area contributed by atoms with Crippen molar-refractivity contribution in [3.8, 4) is 44.8 Å². The molecule has 0 saturated carbocycles. The second-order valence-corrected chi connectivity index (χ2v) is 8.10. The third-order valence-corrected chi connectivity index (χ3v) is 5.91. The zero-order valence-corrected chi connectivity index (χ0v) is 18.0. The first kappa shape index (κ1) is 19.3. The number of benzene rings is 5. The van der Waals surface area contributed by atoms with E-state index in [-0.39, 0.29) is 0 Å². The van der Waals surface area contributed by atoms with Crippen LogP contribution in [0.15, 0.2) is 132 Å². The molecule has 0 amide bonds. The van der Waals surface area contributed by atoms with Gasteiger partial charge < -0.3 is 4.42 Å². The molecule has 0 aliphatic carbocycles. The second kappa shape index (κ2) is 8.25. The molecule has 2 nitrogen and oxygen atoms in total. The van der Waals surface area contributed by atoms with Gasteiger partial charge in [0.15, 0.2) is 5.58 Å². The first-order valence-corrected chi connectivity index (χ1v) is 11.1. The first-order valence-electron chi connectivity index (χ1n) is 11.1. The highest BCUT2D eigenvalue weighted by molar-refractivity contribution is 5.82. The highest BCUT2D eigenvalue weighted by atomic mass is 16.3. The van der Waals surface area contributed by atoms with E-state index in [9.17, 15) is 0 Å². The maximum Gasteiger partial charge on any atom is 0.227 e. The van der Waals surface area contributed by atoms with E-state index in [0.717, 1.165) is 22.2 Å². The van der Waals surface area contributed by atoms with Crippen molar-refractivity contribution in [1.29, 1.82) is 0 Å². The number of oxazole rings is 1. The first-order chi connectivity index (χ1) is 16.3. The van der Waals surface area contributed by atoms with Crippen molar-refractivity contribution in [2.75, 3.05) is 0 Å². The van der Waals surface area contributed by atoms with Crippen LogP contribution in [0.4, 0.5) is 0 Å². The molecular weight excluding hydrogens is 402 g/mol. The van der Waals surface area contributed by atoms with Crippen molar-refractivity contribution in [3.63, 3.8) is 0 Å². The minimum atomic E-state index is 0.644. The summed E-state index contributed by atoms with van der Waals surface area (Å²) >= 11 is 0. The molecule has 0 saturated heterocycles. The number of fused-ring (bicyclic) bond motifs is 1. The molecular formula is C31H21NO. The van der Waals surface area contributed by atoms with Crippen molar-refractivity contribution in [2.45, 2.75) is 0 Å². The molecule has 5 aromatic carbocycles. The molecule has 0 fully saturated rings. The Bertz CT molecular complexity index is 1440. The molecule has 1 aromatic heterocycles. The molecule has 0 aliphatic heterocycles. The lowest BCUT2D eigenvalue weighted by Crippen LogP contribution is -1.86. The predicted molar refractivity (Wildman–Crippen MR) is 136 cm³/mol. The summed E-state index contributed by atoms with van der Waals surface area (Å²) in [5.74, 6) is 0.644. The average Bonchev–Trinajstić information content (AvgIpc) is 3.34. The van der Waals surface area contributed by atoms with Crippen molar-refractivity contribution < 1.29 is 4.42 Å². The van der Waals surface area contributed by atoms with E-state index in [2.05, 4.69) is 108 Å². The molecule has 33 heavy (non-hydrogen) atoms. The van der Waals surface area contributed by atoms with Gasteiger partial charge in [0.25, 0.3) is 0 Å². The fourth-order valence-electron chi connectivity index (χ4n) is 4.19. The van der Waals surface area contributed by atoms with E-state index in [1.807, 2.05) is 24.3 Å². The van der Waals surface area contributed by atoms with Gasteiger partial charge in [-0.05, 0) is 75.8 Å². The molecule has 0 unspecified atom stereocenters. The molecule has 0 radical (unpaired) electrons. The Morgan fingerprint density at radius 2 is 0.848 bits per heavy atom. The van der Waals surface area contributed by atoms with Crippen LogP contribution >= 0.6 is 0 Å². The highest BCUT2D eigenvalue weighted by Gasteiger charge is 2.10. The fourth-order valence-corrected chi connectivity index (χ4v) is 4.19. The van der Waals surface area contributed by atoms with Gasteiger partial charge in [-0.25, -0.2) is 4.98 Å². The van der Waals surface area contributed by atoms with E-state index in [0.29, 0.717) is 5.89 Å². The molecule has 0 bridgehead atoms. The molecule has 156 valence electrons. The summed E-state index contributed by atoms with van der Waals surface area (Å²) < 4.78 is 5.94. The van der Waals surface area contributed by atoms with Crippen molar-refractivity contribution in [2.24, 2.45) is 0 Å². The fraction of sp³-hybridized carbons (Fsp3) is 0. The van der Waals surface area contributed by atoms with E-state index in [1.165, 1.54) is 27.8 Å². The third-order valence-electron chi connectivity index (χ3n) is 5.91. The maximum atomic E-state index is 5.94. The number of hydrogen-bond acceptors (Lipinski definition) is 2.